The molecule has 22 heavy (non-hydrogen) atoms. The first-order valence-electron chi connectivity index (χ1n) is 7.25. The molecule has 0 spiro atoms. The van der Waals surface area contributed by atoms with Crippen molar-refractivity contribution in [1.29, 1.82) is 0 Å². The molecule has 114 valence electrons. The first-order valence-corrected chi connectivity index (χ1v) is 7.63. The number of fused-ring (bicyclic) bond motifs is 1. The van der Waals surface area contributed by atoms with Crippen LogP contribution in [-0.2, 0) is 12.8 Å². The minimum Gasteiger partial charge on any atom is -0.487 e. The van der Waals surface area contributed by atoms with Crippen LogP contribution in [0.4, 0.5) is 0 Å². The Balaban J connectivity index is 1.82. The highest BCUT2D eigenvalue weighted by molar-refractivity contribution is 6.30. The summed E-state index contributed by atoms with van der Waals surface area (Å²) in [5.41, 5.74) is 2.10. The second-order valence-electron chi connectivity index (χ2n) is 5.99. The normalized spacial score (nSPS) is 20.1. The number of aryl methyl sites for hydroxylation is 1. The molecule has 1 N–H and O–H groups in total. The number of carboxylic acids is 1. The Morgan fingerprint density at radius 1 is 1.32 bits per heavy atom. The molecule has 0 saturated heterocycles. The number of hydrogen-bond acceptors (Lipinski definition) is 2. The van der Waals surface area contributed by atoms with E-state index in [1.54, 1.807) is 18.2 Å². The third-order valence-corrected chi connectivity index (χ3v) is 4.29. The predicted molar refractivity (Wildman–Crippen MR) is 85.9 cm³/mol. The fraction of sp³-hybridized carbons (Fsp3) is 0.278. The highest BCUT2D eigenvalue weighted by Gasteiger charge is 2.32. The molecule has 3 rings (SSSR count). The highest BCUT2D eigenvalue weighted by atomic mass is 35.5. The quantitative estimate of drug-likeness (QED) is 0.915. The zero-order chi connectivity index (χ0) is 15.7. The molecule has 3 nitrogen and oxygen atoms in total. The molecule has 0 aliphatic carbocycles. The second kappa shape index (κ2) is 5.65. The third-order valence-electron chi connectivity index (χ3n) is 4.05. The first kappa shape index (κ1) is 14.9. The van der Waals surface area contributed by atoms with E-state index in [1.165, 1.54) is 0 Å². The van der Waals surface area contributed by atoms with Gasteiger partial charge < -0.3 is 9.84 Å². The molecule has 2 aromatic carbocycles. The van der Waals surface area contributed by atoms with E-state index in [0.29, 0.717) is 5.56 Å². The van der Waals surface area contributed by atoms with Gasteiger partial charge >= 0.3 is 5.97 Å². The molecule has 0 aromatic heterocycles. The standard InChI is InChI=1S/C18H17ClO3/c1-18(11-12-3-2-4-15(19)9-12)8-7-13-10-14(17(20)21)5-6-16(13)22-18/h2-6,9-10H,7-8,11H2,1H3,(H,20,21). The fourth-order valence-corrected chi connectivity index (χ4v) is 3.14. The summed E-state index contributed by atoms with van der Waals surface area (Å²) in [6.07, 6.45) is 2.43. The lowest BCUT2D eigenvalue weighted by molar-refractivity contribution is 0.0649. The van der Waals surface area contributed by atoms with Crippen molar-refractivity contribution in [2.75, 3.05) is 0 Å². The van der Waals surface area contributed by atoms with Gasteiger partial charge in [-0.15, -0.1) is 0 Å². The van der Waals surface area contributed by atoms with Gasteiger partial charge in [-0.1, -0.05) is 23.7 Å². The van der Waals surface area contributed by atoms with Gasteiger partial charge in [-0.3, -0.25) is 0 Å². The summed E-state index contributed by atoms with van der Waals surface area (Å²) in [5.74, 6) is -0.129. The van der Waals surface area contributed by atoms with Gasteiger partial charge in [-0.05, 0) is 61.2 Å². The molecular formula is C18H17ClO3. The SMILES string of the molecule is CC1(Cc2cccc(Cl)c2)CCc2cc(C(=O)O)ccc2O1. The Morgan fingerprint density at radius 2 is 2.14 bits per heavy atom. The average Bonchev–Trinajstić information content (AvgIpc) is 2.46. The number of ether oxygens (including phenoxy) is 1. The number of aromatic carboxylic acids is 1. The number of carbonyl (C=O) groups is 1. The molecule has 2 aromatic rings. The van der Waals surface area contributed by atoms with Crippen molar-refractivity contribution in [2.24, 2.45) is 0 Å². The van der Waals surface area contributed by atoms with Gasteiger partial charge in [-0.25, -0.2) is 4.79 Å². The summed E-state index contributed by atoms with van der Waals surface area (Å²) in [5, 5.41) is 9.78. The van der Waals surface area contributed by atoms with Gasteiger partial charge in [-0.2, -0.15) is 0 Å². The van der Waals surface area contributed by atoms with Crippen molar-refractivity contribution < 1.29 is 14.6 Å². The lowest BCUT2D eigenvalue weighted by Gasteiger charge is -2.36. The molecule has 4 heteroatoms. The summed E-state index contributed by atoms with van der Waals surface area (Å²) in [7, 11) is 0. The maximum Gasteiger partial charge on any atom is 0.335 e. The number of rotatable bonds is 3. The van der Waals surface area contributed by atoms with Crippen LogP contribution in [-0.4, -0.2) is 16.7 Å². The second-order valence-corrected chi connectivity index (χ2v) is 6.42. The minimum atomic E-state index is -0.907. The van der Waals surface area contributed by atoms with Gasteiger partial charge in [0.15, 0.2) is 0 Å². The number of carboxylic acid groups (broad SMARTS) is 1. The van der Waals surface area contributed by atoms with E-state index < -0.39 is 5.97 Å². The van der Waals surface area contributed by atoms with Crippen LogP contribution in [0.2, 0.25) is 5.02 Å². The zero-order valence-electron chi connectivity index (χ0n) is 12.3. The van der Waals surface area contributed by atoms with E-state index in [1.807, 2.05) is 24.3 Å². The molecule has 1 atom stereocenters. The number of halogens is 1. The Morgan fingerprint density at radius 3 is 2.86 bits per heavy atom. The summed E-state index contributed by atoms with van der Waals surface area (Å²) >= 11 is 6.04. The van der Waals surface area contributed by atoms with Gasteiger partial charge in [0.1, 0.15) is 11.4 Å². The van der Waals surface area contributed by atoms with Gasteiger partial charge in [0, 0.05) is 11.4 Å². The van der Waals surface area contributed by atoms with Gasteiger partial charge in [0.25, 0.3) is 0 Å². The van der Waals surface area contributed by atoms with Crippen molar-refractivity contribution in [2.45, 2.75) is 31.8 Å². The Hall–Kier alpha value is -2.00. The summed E-state index contributed by atoms with van der Waals surface area (Å²) in [4.78, 5) is 11.0. The lowest BCUT2D eigenvalue weighted by Crippen LogP contribution is -2.38. The van der Waals surface area contributed by atoms with E-state index in [9.17, 15) is 4.79 Å². The fourth-order valence-electron chi connectivity index (χ4n) is 2.93. The largest absolute Gasteiger partial charge is 0.487 e. The van der Waals surface area contributed by atoms with Crippen LogP contribution in [0.25, 0.3) is 0 Å². The van der Waals surface area contributed by atoms with E-state index in [-0.39, 0.29) is 5.60 Å². The van der Waals surface area contributed by atoms with Crippen molar-refractivity contribution in [3.05, 3.63) is 64.2 Å². The highest BCUT2D eigenvalue weighted by Crippen LogP contribution is 2.36. The molecule has 1 unspecified atom stereocenters. The Bertz CT molecular complexity index is 726. The first-order chi connectivity index (χ1) is 10.5. The van der Waals surface area contributed by atoms with Crippen molar-refractivity contribution in [3.8, 4) is 5.75 Å². The molecule has 0 radical (unpaired) electrons. The molecule has 1 aliphatic rings. The maximum absolute atomic E-state index is 11.0. The van der Waals surface area contributed by atoms with E-state index in [0.717, 1.165) is 41.2 Å². The van der Waals surface area contributed by atoms with E-state index in [2.05, 4.69) is 6.92 Å². The monoisotopic (exact) mass is 316 g/mol. The topological polar surface area (TPSA) is 46.5 Å². The molecule has 1 aliphatic heterocycles. The Labute approximate surface area is 134 Å². The van der Waals surface area contributed by atoms with Gasteiger partial charge in [0.05, 0.1) is 5.56 Å². The molecule has 1 heterocycles. The molecular weight excluding hydrogens is 300 g/mol. The van der Waals surface area contributed by atoms with Crippen LogP contribution >= 0.6 is 11.6 Å². The van der Waals surface area contributed by atoms with Crippen molar-refractivity contribution in [1.82, 2.24) is 0 Å². The third kappa shape index (κ3) is 3.09. The van der Waals surface area contributed by atoms with Crippen LogP contribution in [0, 0.1) is 0 Å². The van der Waals surface area contributed by atoms with Crippen LogP contribution < -0.4 is 4.74 Å². The zero-order valence-corrected chi connectivity index (χ0v) is 13.1. The smallest absolute Gasteiger partial charge is 0.335 e. The van der Waals surface area contributed by atoms with Crippen molar-refractivity contribution in [3.63, 3.8) is 0 Å². The Kier molecular flexibility index (Phi) is 3.83. The molecule has 0 amide bonds. The maximum atomic E-state index is 11.0. The summed E-state index contributed by atoms with van der Waals surface area (Å²) in [6.45, 7) is 2.09. The number of benzene rings is 2. The van der Waals surface area contributed by atoms with E-state index >= 15 is 0 Å². The van der Waals surface area contributed by atoms with Crippen molar-refractivity contribution >= 4 is 17.6 Å². The van der Waals surface area contributed by atoms with Crippen LogP contribution in [0.5, 0.6) is 5.75 Å². The van der Waals surface area contributed by atoms with Crippen LogP contribution in [0.1, 0.15) is 34.8 Å². The predicted octanol–water partition coefficient (Wildman–Crippen LogP) is 4.36. The molecule has 0 saturated carbocycles. The molecule has 0 fully saturated rings. The van der Waals surface area contributed by atoms with Crippen LogP contribution in [0.15, 0.2) is 42.5 Å². The molecule has 0 bridgehead atoms. The number of hydrogen-bond donors (Lipinski definition) is 1. The average molecular weight is 317 g/mol. The minimum absolute atomic E-state index is 0.303. The summed E-state index contributed by atoms with van der Waals surface area (Å²) < 4.78 is 6.16. The lowest BCUT2D eigenvalue weighted by atomic mass is 9.87. The van der Waals surface area contributed by atoms with E-state index in [4.69, 9.17) is 21.4 Å². The summed E-state index contributed by atoms with van der Waals surface area (Å²) in [6, 6.07) is 12.9. The van der Waals surface area contributed by atoms with Gasteiger partial charge in [0.2, 0.25) is 0 Å². The van der Waals surface area contributed by atoms with Crippen LogP contribution in [0.3, 0.4) is 0 Å².